The summed E-state index contributed by atoms with van der Waals surface area (Å²) in [7, 11) is 3.81. The highest BCUT2D eigenvalue weighted by molar-refractivity contribution is 4.78. The molecule has 2 nitrogen and oxygen atoms in total. The molecule has 0 aromatic rings. The molecule has 1 heterocycles. The topological polar surface area (TPSA) is 12.5 Å². The van der Waals surface area contributed by atoms with Crippen molar-refractivity contribution in [3.8, 4) is 0 Å². The molecule has 1 aliphatic heterocycles. The van der Waals surface area contributed by atoms with Crippen LogP contribution in [0.3, 0.4) is 0 Å². The van der Waals surface area contributed by atoms with Crippen LogP contribution in [0.2, 0.25) is 0 Å². The first-order valence-electron chi connectivity index (χ1n) is 3.96. The monoisotopic (exact) mass is 142 g/mol. The summed E-state index contributed by atoms with van der Waals surface area (Å²) in [6.45, 7) is 6.13. The molecule has 0 bridgehead atoms. The molecule has 0 N–H and O–H groups in total. The largest absolute Gasteiger partial charge is 0.459 e. The fraction of sp³-hybridized carbons (Fsp3) is 0.875. The van der Waals surface area contributed by atoms with Gasteiger partial charge in [-0.25, -0.2) is 0 Å². The summed E-state index contributed by atoms with van der Waals surface area (Å²) < 4.78 is 5.24. The average Bonchev–Trinajstić information content (AvgIpc) is 1.85. The molecule has 1 aliphatic rings. The zero-order valence-corrected chi connectivity index (χ0v) is 6.68. The molecule has 1 rings (SSSR count). The third-order valence-electron chi connectivity index (χ3n) is 1.91. The Morgan fingerprint density at radius 1 is 1.60 bits per heavy atom. The quantitative estimate of drug-likeness (QED) is 0.431. The summed E-state index contributed by atoms with van der Waals surface area (Å²) >= 11 is 0. The fourth-order valence-corrected chi connectivity index (χ4v) is 1.25. The van der Waals surface area contributed by atoms with Crippen LogP contribution >= 0.6 is 0 Å². The third kappa shape index (κ3) is 2.27. The third-order valence-corrected chi connectivity index (χ3v) is 1.91. The Labute approximate surface area is 63.2 Å². The molecule has 0 unspecified atom stereocenters. The molecule has 0 saturated carbocycles. The van der Waals surface area contributed by atoms with E-state index in [0.29, 0.717) is 0 Å². The van der Waals surface area contributed by atoms with Crippen LogP contribution in [0.1, 0.15) is 13.3 Å². The van der Waals surface area contributed by atoms with E-state index >= 15 is 0 Å². The van der Waals surface area contributed by atoms with Gasteiger partial charge in [0.2, 0.25) is 0 Å². The van der Waals surface area contributed by atoms with E-state index in [4.69, 9.17) is 4.74 Å². The van der Waals surface area contributed by atoms with Crippen LogP contribution in [0, 0.1) is 13.0 Å². The van der Waals surface area contributed by atoms with Gasteiger partial charge in [-0.05, 0) is 32.4 Å². The zero-order chi connectivity index (χ0) is 7.40. The number of hydrogen-bond donors (Lipinski definition) is 0. The van der Waals surface area contributed by atoms with E-state index in [9.17, 15) is 0 Å². The highest BCUT2D eigenvalue weighted by Crippen LogP contribution is 2.16. The van der Waals surface area contributed by atoms with Crippen molar-refractivity contribution in [2.75, 3.05) is 26.3 Å². The number of ether oxygens (including phenoxy) is 1. The lowest BCUT2D eigenvalue weighted by Gasteiger charge is -2.43. The van der Waals surface area contributed by atoms with Gasteiger partial charge in [0.15, 0.2) is 0 Å². The standard InChI is InChI=1S/C8H16NO/c1-3-10-5-4-8-6-9(2)7-8/h8H,2-7H2,1H3/q-1. The maximum Gasteiger partial charge on any atom is 0.0469 e. The van der Waals surface area contributed by atoms with Gasteiger partial charge in [-0.3, -0.25) is 7.05 Å². The van der Waals surface area contributed by atoms with Gasteiger partial charge in [-0.2, -0.15) is 0 Å². The summed E-state index contributed by atoms with van der Waals surface area (Å²) in [5, 5.41) is 0. The van der Waals surface area contributed by atoms with Crippen LogP contribution in [-0.4, -0.2) is 31.2 Å². The molecule has 0 radical (unpaired) electrons. The van der Waals surface area contributed by atoms with Gasteiger partial charge in [0.05, 0.1) is 0 Å². The van der Waals surface area contributed by atoms with Crippen molar-refractivity contribution < 1.29 is 4.74 Å². The van der Waals surface area contributed by atoms with Crippen molar-refractivity contribution in [2.45, 2.75) is 13.3 Å². The molecule has 1 saturated heterocycles. The Kier molecular flexibility index (Phi) is 3.16. The molecule has 0 spiro atoms. The second-order valence-corrected chi connectivity index (χ2v) is 2.89. The second-order valence-electron chi connectivity index (χ2n) is 2.89. The van der Waals surface area contributed by atoms with Crippen molar-refractivity contribution in [2.24, 2.45) is 5.92 Å². The van der Waals surface area contributed by atoms with Gasteiger partial charge in [0.25, 0.3) is 0 Å². The maximum atomic E-state index is 5.24. The smallest absolute Gasteiger partial charge is 0.0469 e. The van der Waals surface area contributed by atoms with Crippen molar-refractivity contribution in [1.82, 2.24) is 4.90 Å². The molecule has 0 aliphatic carbocycles. The lowest BCUT2D eigenvalue weighted by Crippen LogP contribution is -2.42. The summed E-state index contributed by atoms with van der Waals surface area (Å²) in [5.41, 5.74) is 0. The Bertz CT molecular complexity index is 89.3. The van der Waals surface area contributed by atoms with Crippen LogP contribution in [-0.2, 0) is 4.74 Å². The molecular formula is C8H16NO-. The highest BCUT2D eigenvalue weighted by Gasteiger charge is 2.17. The molecular weight excluding hydrogens is 126 g/mol. The van der Waals surface area contributed by atoms with Crippen LogP contribution in [0.25, 0.3) is 0 Å². The van der Waals surface area contributed by atoms with E-state index in [2.05, 4.69) is 11.9 Å². The molecule has 1 fully saturated rings. The first kappa shape index (κ1) is 8.02. The summed E-state index contributed by atoms with van der Waals surface area (Å²) in [6, 6.07) is 0. The Morgan fingerprint density at radius 3 is 2.80 bits per heavy atom. The van der Waals surface area contributed by atoms with Crippen LogP contribution < -0.4 is 0 Å². The van der Waals surface area contributed by atoms with E-state index in [1.54, 1.807) is 0 Å². The first-order chi connectivity index (χ1) is 4.83. The van der Waals surface area contributed by atoms with Gasteiger partial charge in [-0.15, -0.1) is 0 Å². The minimum atomic E-state index is 0.848. The molecule has 60 valence electrons. The van der Waals surface area contributed by atoms with Gasteiger partial charge >= 0.3 is 0 Å². The number of likely N-dealkylation sites (tertiary alicyclic amines) is 1. The predicted molar refractivity (Wildman–Crippen MR) is 41.5 cm³/mol. The molecule has 0 aromatic carbocycles. The van der Waals surface area contributed by atoms with Crippen molar-refractivity contribution >= 4 is 0 Å². The van der Waals surface area contributed by atoms with Gasteiger partial charge in [-0.1, -0.05) is 0 Å². The molecule has 0 atom stereocenters. The average molecular weight is 142 g/mol. The van der Waals surface area contributed by atoms with Crippen LogP contribution in [0.4, 0.5) is 0 Å². The van der Waals surface area contributed by atoms with Gasteiger partial charge in [0.1, 0.15) is 0 Å². The van der Waals surface area contributed by atoms with Crippen molar-refractivity contribution in [3.63, 3.8) is 0 Å². The fourth-order valence-electron chi connectivity index (χ4n) is 1.25. The van der Waals surface area contributed by atoms with Crippen LogP contribution in [0.15, 0.2) is 0 Å². The minimum Gasteiger partial charge on any atom is -0.459 e. The van der Waals surface area contributed by atoms with Crippen molar-refractivity contribution in [3.05, 3.63) is 7.05 Å². The predicted octanol–water partition coefficient (Wildman–Crippen LogP) is 1.14. The SMILES string of the molecule is [CH2-]N1CC(CCOCC)C1. The second kappa shape index (κ2) is 3.94. The van der Waals surface area contributed by atoms with E-state index in [-0.39, 0.29) is 0 Å². The summed E-state index contributed by atoms with van der Waals surface area (Å²) in [5.74, 6) is 0.851. The van der Waals surface area contributed by atoms with E-state index in [1.807, 2.05) is 6.92 Å². The summed E-state index contributed by atoms with van der Waals surface area (Å²) in [6.07, 6.45) is 1.21. The van der Waals surface area contributed by atoms with E-state index in [1.165, 1.54) is 6.42 Å². The Hall–Kier alpha value is -0.0800. The maximum absolute atomic E-state index is 5.24. The Morgan fingerprint density at radius 2 is 2.30 bits per heavy atom. The lowest BCUT2D eigenvalue weighted by atomic mass is 9.98. The van der Waals surface area contributed by atoms with Gasteiger partial charge in [0, 0.05) is 13.2 Å². The zero-order valence-electron chi connectivity index (χ0n) is 6.68. The minimum absolute atomic E-state index is 0.848. The number of rotatable bonds is 4. The highest BCUT2D eigenvalue weighted by atomic mass is 16.5. The van der Waals surface area contributed by atoms with E-state index in [0.717, 1.165) is 32.2 Å². The first-order valence-corrected chi connectivity index (χ1v) is 3.96. The van der Waals surface area contributed by atoms with Crippen molar-refractivity contribution in [1.29, 1.82) is 0 Å². The molecule has 0 amide bonds. The normalized spacial score (nSPS) is 21.0. The van der Waals surface area contributed by atoms with Crippen LogP contribution in [0.5, 0.6) is 0 Å². The number of hydrogen-bond acceptors (Lipinski definition) is 2. The molecule has 10 heavy (non-hydrogen) atoms. The molecule has 2 heteroatoms. The number of nitrogens with zero attached hydrogens (tertiary/aromatic N) is 1. The summed E-state index contributed by atoms with van der Waals surface area (Å²) in [4.78, 5) is 2.09. The lowest BCUT2D eigenvalue weighted by molar-refractivity contribution is 0.0853. The molecule has 0 aromatic heterocycles. The van der Waals surface area contributed by atoms with Gasteiger partial charge < -0.3 is 9.64 Å². The van der Waals surface area contributed by atoms with E-state index < -0.39 is 0 Å². The Balaban J connectivity index is 1.86.